The van der Waals surface area contributed by atoms with Gasteiger partial charge in [0.05, 0.1) is 10.5 Å². The molecule has 0 N–H and O–H groups in total. The standard InChI is InChI=1S/C17H23NO4/c1-11(2)15-9-4-12(3)10-16(15)22-17(19)13-5-7-14(8-6-13)18(20)21/h5-8,11-12,15-16H,4,9-10H2,1-3H3/t12-,15+,16+/m0/s1. The molecule has 5 nitrogen and oxygen atoms in total. The minimum Gasteiger partial charge on any atom is -0.458 e. The molecule has 5 heteroatoms. The molecule has 3 atom stereocenters. The number of hydrogen-bond donors (Lipinski definition) is 0. The smallest absolute Gasteiger partial charge is 0.338 e. The Kier molecular flexibility index (Phi) is 5.16. The molecule has 1 aromatic carbocycles. The fraction of sp³-hybridized carbons (Fsp3) is 0.588. The number of esters is 1. The highest BCUT2D eigenvalue weighted by molar-refractivity contribution is 5.89. The van der Waals surface area contributed by atoms with E-state index in [9.17, 15) is 14.9 Å². The zero-order valence-corrected chi connectivity index (χ0v) is 13.3. The van der Waals surface area contributed by atoms with Crippen LogP contribution in [0.4, 0.5) is 5.69 Å². The second-order valence-electron chi connectivity index (χ2n) is 6.57. The van der Waals surface area contributed by atoms with E-state index in [-0.39, 0.29) is 17.8 Å². The van der Waals surface area contributed by atoms with E-state index in [0.29, 0.717) is 23.3 Å². The van der Waals surface area contributed by atoms with Crippen LogP contribution in [0.2, 0.25) is 0 Å². The fourth-order valence-corrected chi connectivity index (χ4v) is 3.17. The van der Waals surface area contributed by atoms with E-state index < -0.39 is 4.92 Å². The summed E-state index contributed by atoms with van der Waals surface area (Å²) in [6.07, 6.45) is 3.08. The van der Waals surface area contributed by atoms with Crippen molar-refractivity contribution in [3.05, 3.63) is 39.9 Å². The summed E-state index contributed by atoms with van der Waals surface area (Å²) in [6, 6.07) is 5.58. The second-order valence-corrected chi connectivity index (χ2v) is 6.57. The molecule has 0 amide bonds. The molecule has 0 spiro atoms. The molecule has 0 heterocycles. The van der Waals surface area contributed by atoms with Gasteiger partial charge in [-0.15, -0.1) is 0 Å². The van der Waals surface area contributed by atoms with Gasteiger partial charge in [-0.3, -0.25) is 10.1 Å². The molecule has 0 aliphatic heterocycles. The van der Waals surface area contributed by atoms with Crippen molar-refractivity contribution in [1.82, 2.24) is 0 Å². The number of ether oxygens (including phenoxy) is 1. The molecule has 0 unspecified atom stereocenters. The zero-order valence-electron chi connectivity index (χ0n) is 13.3. The van der Waals surface area contributed by atoms with Crippen LogP contribution < -0.4 is 0 Å². The summed E-state index contributed by atoms with van der Waals surface area (Å²) in [5.41, 5.74) is 0.342. The van der Waals surface area contributed by atoms with Crippen molar-refractivity contribution in [3.8, 4) is 0 Å². The number of nitro groups is 1. The number of hydrogen-bond acceptors (Lipinski definition) is 4. The molecular weight excluding hydrogens is 282 g/mol. The van der Waals surface area contributed by atoms with Gasteiger partial charge in [-0.2, -0.15) is 0 Å². The van der Waals surface area contributed by atoms with Gasteiger partial charge in [0, 0.05) is 12.1 Å². The first-order valence-corrected chi connectivity index (χ1v) is 7.84. The van der Waals surface area contributed by atoms with Gasteiger partial charge in [-0.25, -0.2) is 4.79 Å². The highest BCUT2D eigenvalue weighted by atomic mass is 16.6. The van der Waals surface area contributed by atoms with Gasteiger partial charge >= 0.3 is 5.97 Å². The molecule has 1 aromatic rings. The van der Waals surface area contributed by atoms with Crippen LogP contribution >= 0.6 is 0 Å². The third kappa shape index (κ3) is 3.84. The van der Waals surface area contributed by atoms with E-state index in [0.717, 1.165) is 12.8 Å². The number of carbonyl (C=O) groups excluding carboxylic acids is 1. The van der Waals surface area contributed by atoms with Gasteiger partial charge in [-0.05, 0) is 42.7 Å². The molecular formula is C17H23NO4. The number of nitrogens with zero attached hydrogens (tertiary/aromatic N) is 1. The SMILES string of the molecule is CC(C)[C@H]1CC[C@H](C)C[C@H]1OC(=O)c1ccc([N+](=O)[O-])cc1. The molecule has 1 fully saturated rings. The van der Waals surface area contributed by atoms with E-state index >= 15 is 0 Å². The minimum absolute atomic E-state index is 0.0251. The van der Waals surface area contributed by atoms with Gasteiger partial charge in [0.2, 0.25) is 0 Å². The average molecular weight is 305 g/mol. The maximum atomic E-state index is 12.3. The third-order valence-electron chi connectivity index (χ3n) is 4.53. The van der Waals surface area contributed by atoms with E-state index in [1.54, 1.807) is 0 Å². The normalized spacial score (nSPS) is 25.0. The largest absolute Gasteiger partial charge is 0.458 e. The topological polar surface area (TPSA) is 69.4 Å². The van der Waals surface area contributed by atoms with E-state index in [2.05, 4.69) is 20.8 Å². The van der Waals surface area contributed by atoms with Crippen molar-refractivity contribution in [3.63, 3.8) is 0 Å². The summed E-state index contributed by atoms with van der Waals surface area (Å²) < 4.78 is 5.71. The van der Waals surface area contributed by atoms with Crippen molar-refractivity contribution < 1.29 is 14.5 Å². The highest BCUT2D eigenvalue weighted by Gasteiger charge is 2.33. The summed E-state index contributed by atoms with van der Waals surface area (Å²) in [5.74, 6) is 1.03. The number of carbonyl (C=O) groups is 1. The van der Waals surface area contributed by atoms with Gasteiger partial charge < -0.3 is 4.74 Å². The lowest BCUT2D eigenvalue weighted by Crippen LogP contribution is -2.35. The molecule has 1 aliphatic rings. The van der Waals surface area contributed by atoms with Crippen molar-refractivity contribution in [2.75, 3.05) is 0 Å². The lowest BCUT2D eigenvalue weighted by molar-refractivity contribution is -0.384. The Morgan fingerprint density at radius 2 is 1.91 bits per heavy atom. The van der Waals surface area contributed by atoms with Gasteiger partial charge in [0.25, 0.3) is 5.69 Å². The number of non-ortho nitro benzene ring substituents is 1. The first-order chi connectivity index (χ1) is 10.4. The molecule has 120 valence electrons. The van der Waals surface area contributed by atoms with Crippen molar-refractivity contribution in [2.24, 2.45) is 17.8 Å². The van der Waals surface area contributed by atoms with Crippen LogP contribution in [0.25, 0.3) is 0 Å². The summed E-state index contributed by atoms with van der Waals surface area (Å²) in [7, 11) is 0. The van der Waals surface area contributed by atoms with E-state index in [1.165, 1.54) is 30.7 Å². The van der Waals surface area contributed by atoms with Gasteiger partial charge in [0.15, 0.2) is 0 Å². The lowest BCUT2D eigenvalue weighted by atomic mass is 9.75. The molecule has 1 saturated carbocycles. The summed E-state index contributed by atoms with van der Waals surface area (Å²) in [4.78, 5) is 22.4. The van der Waals surface area contributed by atoms with Crippen molar-refractivity contribution >= 4 is 11.7 Å². The number of rotatable bonds is 4. The Morgan fingerprint density at radius 3 is 2.45 bits per heavy atom. The van der Waals surface area contributed by atoms with E-state index in [4.69, 9.17) is 4.74 Å². The first-order valence-electron chi connectivity index (χ1n) is 7.84. The maximum absolute atomic E-state index is 12.3. The Labute approximate surface area is 130 Å². The van der Waals surface area contributed by atoms with Crippen molar-refractivity contribution in [1.29, 1.82) is 0 Å². The van der Waals surface area contributed by atoms with Crippen LogP contribution in [0.3, 0.4) is 0 Å². The predicted octanol–water partition coefficient (Wildman–Crippen LogP) is 4.21. The Hall–Kier alpha value is -1.91. The van der Waals surface area contributed by atoms with Crippen LogP contribution in [0, 0.1) is 27.9 Å². The van der Waals surface area contributed by atoms with Crippen LogP contribution in [-0.2, 0) is 4.74 Å². The Bertz CT molecular complexity index is 538. The van der Waals surface area contributed by atoms with Crippen LogP contribution in [0.1, 0.15) is 50.4 Å². The molecule has 2 rings (SSSR count). The minimum atomic E-state index is -0.479. The third-order valence-corrected chi connectivity index (χ3v) is 4.53. The lowest BCUT2D eigenvalue weighted by Gasteiger charge is -2.36. The summed E-state index contributed by atoms with van der Waals surface area (Å²) in [6.45, 7) is 6.50. The molecule has 0 saturated heterocycles. The zero-order chi connectivity index (χ0) is 16.3. The Balaban J connectivity index is 2.07. The molecule has 1 aliphatic carbocycles. The second kappa shape index (κ2) is 6.90. The number of nitro benzene ring substituents is 1. The molecule has 0 radical (unpaired) electrons. The van der Waals surface area contributed by atoms with Gasteiger partial charge in [-0.1, -0.05) is 27.2 Å². The quantitative estimate of drug-likeness (QED) is 0.474. The summed E-state index contributed by atoms with van der Waals surface area (Å²) in [5, 5.41) is 10.6. The molecule has 0 aromatic heterocycles. The average Bonchev–Trinajstić information content (AvgIpc) is 2.47. The monoisotopic (exact) mass is 305 g/mol. The highest BCUT2D eigenvalue weighted by Crippen LogP contribution is 2.35. The molecule has 0 bridgehead atoms. The van der Waals surface area contributed by atoms with Gasteiger partial charge in [0.1, 0.15) is 6.10 Å². The van der Waals surface area contributed by atoms with Crippen LogP contribution in [0.15, 0.2) is 24.3 Å². The van der Waals surface area contributed by atoms with E-state index in [1.807, 2.05) is 0 Å². The fourth-order valence-electron chi connectivity index (χ4n) is 3.17. The molecule has 22 heavy (non-hydrogen) atoms. The maximum Gasteiger partial charge on any atom is 0.338 e. The van der Waals surface area contributed by atoms with Crippen LogP contribution in [0.5, 0.6) is 0 Å². The Morgan fingerprint density at radius 1 is 1.27 bits per heavy atom. The summed E-state index contributed by atoms with van der Waals surface area (Å²) >= 11 is 0. The first kappa shape index (κ1) is 16.5. The number of benzene rings is 1. The van der Waals surface area contributed by atoms with Crippen molar-refractivity contribution in [2.45, 2.75) is 46.1 Å². The van der Waals surface area contributed by atoms with Crippen LogP contribution in [-0.4, -0.2) is 17.0 Å². The predicted molar refractivity (Wildman–Crippen MR) is 83.6 cm³/mol.